The molecule has 0 spiro atoms. The van der Waals surface area contributed by atoms with Gasteiger partial charge in [-0.3, -0.25) is 14.9 Å². The minimum Gasteiger partial charge on any atom is -0.449 e. The molecule has 10 nitrogen and oxygen atoms in total. The molecule has 0 saturated heterocycles. The van der Waals surface area contributed by atoms with E-state index in [1.165, 1.54) is 54.6 Å². The smallest absolute Gasteiger partial charge is 0.331 e. The third-order valence-electron chi connectivity index (χ3n) is 3.89. The number of nitrogens with two attached hydrogens (primary N) is 1. The van der Waals surface area contributed by atoms with Gasteiger partial charge in [0.2, 0.25) is 10.0 Å². The van der Waals surface area contributed by atoms with E-state index in [0.717, 1.165) is 6.08 Å². The van der Waals surface area contributed by atoms with Crippen LogP contribution in [0.2, 0.25) is 0 Å². The molecule has 0 aliphatic rings. The van der Waals surface area contributed by atoms with Crippen LogP contribution in [0.5, 0.6) is 0 Å². The van der Waals surface area contributed by atoms with E-state index in [2.05, 4.69) is 5.32 Å². The lowest BCUT2D eigenvalue weighted by Crippen LogP contribution is -2.31. The first kappa shape index (κ1) is 22.7. The summed E-state index contributed by atoms with van der Waals surface area (Å²) in [6, 6.07) is 10.7. The van der Waals surface area contributed by atoms with Gasteiger partial charge in [0.05, 0.1) is 9.82 Å². The highest BCUT2D eigenvalue weighted by molar-refractivity contribution is 7.89. The number of carbonyl (C=O) groups excluding carboxylic acids is 2. The van der Waals surface area contributed by atoms with Crippen molar-refractivity contribution < 1.29 is 27.7 Å². The van der Waals surface area contributed by atoms with Crippen molar-refractivity contribution in [1.82, 2.24) is 0 Å². The van der Waals surface area contributed by atoms with Gasteiger partial charge in [-0.1, -0.05) is 6.92 Å². The Kier molecular flexibility index (Phi) is 7.39. The third kappa shape index (κ3) is 6.50. The number of nitro benzene ring substituents is 1. The molecule has 1 unspecified atom stereocenters. The van der Waals surface area contributed by atoms with Crippen molar-refractivity contribution in [2.45, 2.75) is 24.3 Å². The predicted octanol–water partition coefficient (Wildman–Crippen LogP) is 2.22. The lowest BCUT2D eigenvalue weighted by Gasteiger charge is -2.15. The first-order chi connectivity index (χ1) is 14.1. The Morgan fingerprint density at radius 3 is 2.27 bits per heavy atom. The first-order valence-corrected chi connectivity index (χ1v) is 10.2. The Balaban J connectivity index is 1.97. The molecule has 0 radical (unpaired) electrons. The average molecular weight is 433 g/mol. The zero-order valence-corrected chi connectivity index (χ0v) is 16.7. The Hall–Kier alpha value is -3.57. The van der Waals surface area contributed by atoms with E-state index in [9.17, 15) is 28.1 Å². The largest absolute Gasteiger partial charge is 0.449 e. The summed E-state index contributed by atoms with van der Waals surface area (Å²) in [7, 11) is -3.84. The van der Waals surface area contributed by atoms with Crippen LogP contribution in [0.15, 0.2) is 59.5 Å². The van der Waals surface area contributed by atoms with Crippen LogP contribution in [0.25, 0.3) is 6.08 Å². The average Bonchev–Trinajstić information content (AvgIpc) is 2.70. The minimum atomic E-state index is -3.84. The van der Waals surface area contributed by atoms with Crippen molar-refractivity contribution in [3.8, 4) is 0 Å². The molecule has 158 valence electrons. The number of hydrogen-bond acceptors (Lipinski definition) is 7. The van der Waals surface area contributed by atoms with Crippen molar-refractivity contribution >= 4 is 39.4 Å². The number of anilines is 1. The zero-order chi connectivity index (χ0) is 22.3. The summed E-state index contributed by atoms with van der Waals surface area (Å²) in [5.41, 5.74) is 0.780. The van der Waals surface area contributed by atoms with E-state index in [1.54, 1.807) is 6.92 Å². The fourth-order valence-electron chi connectivity index (χ4n) is 2.32. The highest BCUT2D eigenvalue weighted by Gasteiger charge is 2.20. The van der Waals surface area contributed by atoms with Gasteiger partial charge in [-0.15, -0.1) is 0 Å². The topological polar surface area (TPSA) is 159 Å². The number of primary sulfonamides is 1. The van der Waals surface area contributed by atoms with Crippen LogP contribution < -0.4 is 10.5 Å². The molecule has 30 heavy (non-hydrogen) atoms. The molecule has 1 amide bonds. The molecule has 0 aromatic heterocycles. The second-order valence-electron chi connectivity index (χ2n) is 6.07. The van der Waals surface area contributed by atoms with Gasteiger partial charge in [0, 0.05) is 23.9 Å². The molecule has 0 aliphatic carbocycles. The molecular formula is C19H19N3O7S. The van der Waals surface area contributed by atoms with E-state index in [-0.39, 0.29) is 17.0 Å². The molecule has 0 bridgehead atoms. The SMILES string of the molecule is CCC(OC(=O)C=Cc1ccc([N+](=O)[O-])cc1)C(=O)Nc1ccc(S(N)(=O)=O)cc1. The van der Waals surface area contributed by atoms with Crippen LogP contribution in [0, 0.1) is 10.1 Å². The maximum Gasteiger partial charge on any atom is 0.331 e. The number of ether oxygens (including phenoxy) is 1. The summed E-state index contributed by atoms with van der Waals surface area (Å²) in [4.78, 5) is 34.3. The predicted molar refractivity (Wildman–Crippen MR) is 109 cm³/mol. The highest BCUT2D eigenvalue weighted by Crippen LogP contribution is 2.15. The summed E-state index contributed by atoms with van der Waals surface area (Å²) in [6.45, 7) is 1.65. The molecule has 2 aromatic carbocycles. The number of sulfonamides is 1. The number of nitro groups is 1. The van der Waals surface area contributed by atoms with Crippen LogP contribution in [0.4, 0.5) is 11.4 Å². The summed E-state index contributed by atoms with van der Waals surface area (Å²) < 4.78 is 27.6. The zero-order valence-electron chi connectivity index (χ0n) is 15.8. The van der Waals surface area contributed by atoms with Crippen LogP contribution in [-0.4, -0.2) is 31.3 Å². The fourth-order valence-corrected chi connectivity index (χ4v) is 2.84. The van der Waals surface area contributed by atoms with Crippen molar-refractivity contribution in [3.05, 3.63) is 70.3 Å². The molecular weight excluding hydrogens is 414 g/mol. The van der Waals surface area contributed by atoms with Gasteiger partial charge < -0.3 is 10.1 Å². The number of nitrogens with one attached hydrogen (secondary N) is 1. The van der Waals surface area contributed by atoms with Gasteiger partial charge in [0.15, 0.2) is 6.10 Å². The Morgan fingerprint density at radius 1 is 1.17 bits per heavy atom. The second kappa shape index (κ2) is 9.76. The minimum absolute atomic E-state index is 0.0745. The van der Waals surface area contributed by atoms with Gasteiger partial charge in [-0.05, 0) is 54.5 Å². The maximum absolute atomic E-state index is 12.3. The van der Waals surface area contributed by atoms with Crippen LogP contribution >= 0.6 is 0 Å². The summed E-state index contributed by atoms with van der Waals surface area (Å²) >= 11 is 0. The molecule has 3 N–H and O–H groups in total. The standard InChI is InChI=1S/C19H19N3O7S/c1-2-17(19(24)21-14-6-10-16(11-7-14)30(20,27)28)29-18(23)12-5-13-3-8-15(9-4-13)22(25)26/h3-12,17H,2H2,1H3,(H,21,24)(H2,20,27,28). The number of esters is 1. The Bertz CT molecular complexity index is 1060. The Labute approximate surface area is 172 Å². The van der Waals surface area contributed by atoms with E-state index < -0.39 is 32.9 Å². The van der Waals surface area contributed by atoms with Gasteiger partial charge in [-0.2, -0.15) is 0 Å². The Morgan fingerprint density at radius 2 is 1.77 bits per heavy atom. The fraction of sp³-hybridized carbons (Fsp3) is 0.158. The van der Waals surface area contributed by atoms with Crippen molar-refractivity contribution in [2.24, 2.45) is 5.14 Å². The number of amides is 1. The van der Waals surface area contributed by atoms with Gasteiger partial charge in [0.25, 0.3) is 11.6 Å². The van der Waals surface area contributed by atoms with E-state index >= 15 is 0 Å². The molecule has 1 atom stereocenters. The summed E-state index contributed by atoms with van der Waals surface area (Å²) in [5.74, 6) is -1.35. The number of rotatable bonds is 8. The second-order valence-corrected chi connectivity index (χ2v) is 7.64. The molecule has 11 heteroatoms. The molecule has 0 fully saturated rings. The van der Waals surface area contributed by atoms with Crippen molar-refractivity contribution in [2.75, 3.05) is 5.32 Å². The summed E-state index contributed by atoms with van der Waals surface area (Å²) in [5, 5.41) is 18.2. The quantitative estimate of drug-likeness (QED) is 0.279. The number of benzene rings is 2. The molecule has 2 aromatic rings. The van der Waals surface area contributed by atoms with Crippen LogP contribution in [-0.2, 0) is 24.3 Å². The van der Waals surface area contributed by atoms with E-state index in [4.69, 9.17) is 9.88 Å². The maximum atomic E-state index is 12.3. The monoisotopic (exact) mass is 433 g/mol. The van der Waals surface area contributed by atoms with Crippen molar-refractivity contribution in [3.63, 3.8) is 0 Å². The number of nitrogens with zero attached hydrogens (tertiary/aromatic N) is 1. The first-order valence-electron chi connectivity index (χ1n) is 8.67. The lowest BCUT2D eigenvalue weighted by atomic mass is 10.2. The number of hydrogen-bond donors (Lipinski definition) is 2. The molecule has 0 aliphatic heterocycles. The molecule has 2 rings (SSSR count). The van der Waals surface area contributed by atoms with Crippen LogP contribution in [0.1, 0.15) is 18.9 Å². The number of carbonyl (C=O) groups is 2. The summed E-state index contributed by atoms with van der Waals surface area (Å²) in [6.07, 6.45) is 1.65. The highest BCUT2D eigenvalue weighted by atomic mass is 32.2. The van der Waals surface area contributed by atoms with E-state index in [0.29, 0.717) is 11.3 Å². The van der Waals surface area contributed by atoms with E-state index in [1.807, 2.05) is 0 Å². The van der Waals surface area contributed by atoms with Crippen LogP contribution in [0.3, 0.4) is 0 Å². The van der Waals surface area contributed by atoms with Gasteiger partial charge in [0.1, 0.15) is 0 Å². The molecule has 0 heterocycles. The van der Waals surface area contributed by atoms with Crippen molar-refractivity contribution in [1.29, 1.82) is 0 Å². The normalized spacial score (nSPS) is 12.3. The van der Waals surface area contributed by atoms with Gasteiger partial charge in [-0.25, -0.2) is 18.4 Å². The third-order valence-corrected chi connectivity index (χ3v) is 4.82. The lowest BCUT2D eigenvalue weighted by molar-refractivity contribution is -0.384. The van der Waals surface area contributed by atoms with Gasteiger partial charge >= 0.3 is 5.97 Å². The number of non-ortho nitro benzene ring substituents is 1. The molecule has 0 saturated carbocycles.